The van der Waals surface area contributed by atoms with Crippen LogP contribution in [0.3, 0.4) is 0 Å². The van der Waals surface area contributed by atoms with Crippen LogP contribution in [-0.2, 0) is 13.6 Å². The Kier molecular flexibility index (Phi) is 5.32. The average molecular weight is 404 g/mol. The zero-order chi connectivity index (χ0) is 18.0. The minimum Gasteiger partial charge on any atom is -0.404 e. The Balaban J connectivity index is 1.75. The summed E-state index contributed by atoms with van der Waals surface area (Å²) in [5, 5.41) is 11.4. The second-order valence-electron chi connectivity index (χ2n) is 5.18. The zero-order valence-electron chi connectivity index (χ0n) is 12.6. The molecule has 132 valence electrons. The lowest BCUT2D eigenvalue weighted by molar-refractivity contribution is -0.384. The minimum absolute atomic E-state index is 0.107. The van der Waals surface area contributed by atoms with Crippen molar-refractivity contribution >= 4 is 36.7 Å². The van der Waals surface area contributed by atoms with E-state index in [0.29, 0.717) is 22.0 Å². The number of hydrogen-bond donors (Lipinski definition) is 0. The van der Waals surface area contributed by atoms with Crippen LogP contribution in [0, 0.1) is 10.1 Å². The van der Waals surface area contributed by atoms with Crippen molar-refractivity contribution in [2.24, 2.45) is 0 Å². The number of nitro groups is 1. The normalized spacial score (nSPS) is 23.2. The molecule has 0 aliphatic carbocycles. The van der Waals surface area contributed by atoms with Gasteiger partial charge in [0.25, 0.3) is 5.69 Å². The number of rotatable bonds is 4. The van der Waals surface area contributed by atoms with Gasteiger partial charge >= 0.3 is 7.82 Å². The van der Waals surface area contributed by atoms with E-state index in [2.05, 4.69) is 0 Å². The van der Waals surface area contributed by atoms with Gasteiger partial charge < -0.3 is 4.52 Å². The van der Waals surface area contributed by atoms with E-state index in [1.165, 1.54) is 24.3 Å². The Labute approximate surface area is 153 Å². The predicted molar refractivity (Wildman–Crippen MR) is 92.2 cm³/mol. The topological polar surface area (TPSA) is 87.9 Å². The molecule has 2 aromatic carbocycles. The van der Waals surface area contributed by atoms with Gasteiger partial charge in [-0.05, 0) is 29.8 Å². The molecule has 2 aromatic rings. The Hall–Kier alpha value is -1.63. The van der Waals surface area contributed by atoms with E-state index >= 15 is 0 Å². The molecule has 0 saturated carbocycles. The van der Waals surface area contributed by atoms with Crippen LogP contribution in [0.5, 0.6) is 5.75 Å². The van der Waals surface area contributed by atoms with Gasteiger partial charge in [0, 0.05) is 18.6 Å². The molecule has 0 spiro atoms. The van der Waals surface area contributed by atoms with Crippen molar-refractivity contribution in [3.63, 3.8) is 0 Å². The van der Waals surface area contributed by atoms with Crippen LogP contribution >= 0.6 is 31.0 Å². The third kappa shape index (κ3) is 4.32. The van der Waals surface area contributed by atoms with Crippen LogP contribution in [0.2, 0.25) is 10.0 Å². The van der Waals surface area contributed by atoms with Crippen molar-refractivity contribution in [1.29, 1.82) is 0 Å². The number of nitrogens with zero attached hydrogens (tertiary/aromatic N) is 1. The summed E-state index contributed by atoms with van der Waals surface area (Å²) in [6.07, 6.45) is -0.0710. The van der Waals surface area contributed by atoms with Gasteiger partial charge in [-0.3, -0.25) is 19.2 Å². The van der Waals surface area contributed by atoms with Crippen molar-refractivity contribution in [3.8, 4) is 5.75 Å². The monoisotopic (exact) mass is 403 g/mol. The molecule has 0 aromatic heterocycles. The van der Waals surface area contributed by atoms with E-state index < -0.39 is 18.8 Å². The highest BCUT2D eigenvalue weighted by atomic mass is 35.5. The molecule has 0 bridgehead atoms. The first-order valence-electron chi connectivity index (χ1n) is 7.18. The molecular formula is C15H12Cl2NO6P. The summed E-state index contributed by atoms with van der Waals surface area (Å²) < 4.78 is 28.7. The summed E-state index contributed by atoms with van der Waals surface area (Å²) in [6.45, 7) is 0.162. The summed E-state index contributed by atoms with van der Waals surface area (Å²) in [5.74, 6) is 0.142. The number of hydrogen-bond acceptors (Lipinski definition) is 6. The second-order valence-corrected chi connectivity index (χ2v) is 7.54. The standard InChI is InChI=1S/C15H12Cl2NO6P/c16-13-6-1-10(9-14(13)17)15-7-8-22-25(21,24-15)23-12-4-2-11(3-5-12)18(19)20/h1-6,9,15H,7-8H2/t15-,25-/m0/s1. The number of benzene rings is 2. The van der Waals surface area contributed by atoms with E-state index in [0.717, 1.165) is 0 Å². The minimum atomic E-state index is -3.87. The maximum Gasteiger partial charge on any atom is 0.530 e. The number of phosphoric acid groups is 1. The highest BCUT2D eigenvalue weighted by molar-refractivity contribution is 7.49. The van der Waals surface area contributed by atoms with Crippen LogP contribution in [0.25, 0.3) is 0 Å². The van der Waals surface area contributed by atoms with Gasteiger partial charge in [-0.1, -0.05) is 29.3 Å². The molecule has 0 radical (unpaired) electrons. The Bertz CT molecular complexity index is 844. The first kappa shape index (κ1) is 18.2. The molecule has 25 heavy (non-hydrogen) atoms. The van der Waals surface area contributed by atoms with Gasteiger partial charge in [-0.2, -0.15) is 0 Å². The molecule has 0 N–H and O–H groups in total. The molecule has 1 aliphatic heterocycles. The third-order valence-electron chi connectivity index (χ3n) is 3.47. The van der Waals surface area contributed by atoms with E-state index in [4.69, 9.17) is 36.8 Å². The Morgan fingerprint density at radius 2 is 1.88 bits per heavy atom. The second kappa shape index (κ2) is 7.32. The van der Waals surface area contributed by atoms with Gasteiger partial charge in [-0.25, -0.2) is 4.57 Å². The van der Waals surface area contributed by atoms with Crippen LogP contribution < -0.4 is 4.52 Å². The fourth-order valence-electron chi connectivity index (χ4n) is 2.26. The highest BCUT2D eigenvalue weighted by Gasteiger charge is 2.37. The number of nitro benzene ring substituents is 1. The van der Waals surface area contributed by atoms with Crippen molar-refractivity contribution in [2.75, 3.05) is 6.61 Å². The summed E-state index contributed by atoms with van der Waals surface area (Å²) in [7, 11) is -3.87. The third-order valence-corrected chi connectivity index (χ3v) is 5.65. The Morgan fingerprint density at radius 1 is 1.16 bits per heavy atom. The van der Waals surface area contributed by atoms with E-state index in [-0.39, 0.29) is 18.0 Å². The summed E-state index contributed by atoms with van der Waals surface area (Å²) in [5.41, 5.74) is 0.593. The first-order chi connectivity index (χ1) is 11.9. The van der Waals surface area contributed by atoms with E-state index in [9.17, 15) is 14.7 Å². The maximum absolute atomic E-state index is 12.7. The van der Waals surface area contributed by atoms with E-state index in [1.54, 1.807) is 18.2 Å². The lowest BCUT2D eigenvalue weighted by Crippen LogP contribution is -2.16. The Morgan fingerprint density at radius 3 is 2.52 bits per heavy atom. The summed E-state index contributed by atoms with van der Waals surface area (Å²) >= 11 is 11.9. The largest absolute Gasteiger partial charge is 0.530 e. The molecule has 10 heteroatoms. The molecule has 0 unspecified atom stereocenters. The number of halogens is 2. The molecule has 2 atom stereocenters. The number of phosphoric ester groups is 1. The molecule has 0 amide bonds. The molecule has 1 saturated heterocycles. The highest BCUT2D eigenvalue weighted by Crippen LogP contribution is 2.56. The smallest absolute Gasteiger partial charge is 0.404 e. The predicted octanol–water partition coefficient (Wildman–Crippen LogP) is 5.57. The zero-order valence-corrected chi connectivity index (χ0v) is 15.0. The molecule has 3 rings (SSSR count). The average Bonchev–Trinajstić information content (AvgIpc) is 2.57. The van der Waals surface area contributed by atoms with Crippen LogP contribution in [0.15, 0.2) is 42.5 Å². The summed E-state index contributed by atoms with van der Waals surface area (Å²) in [6, 6.07) is 10.1. The molecule has 1 aliphatic rings. The molecule has 1 heterocycles. The van der Waals surface area contributed by atoms with Crippen molar-refractivity contribution < 1.29 is 23.1 Å². The summed E-state index contributed by atoms with van der Waals surface area (Å²) in [4.78, 5) is 10.1. The SMILES string of the molecule is O=[N+]([O-])c1ccc(O[P@]2(=O)OCC[C@@H](c3ccc(Cl)c(Cl)c3)O2)cc1. The van der Waals surface area contributed by atoms with Crippen LogP contribution in [0.4, 0.5) is 5.69 Å². The van der Waals surface area contributed by atoms with Crippen molar-refractivity contribution in [2.45, 2.75) is 12.5 Å². The van der Waals surface area contributed by atoms with Crippen LogP contribution in [0.1, 0.15) is 18.1 Å². The van der Waals surface area contributed by atoms with Crippen molar-refractivity contribution in [1.82, 2.24) is 0 Å². The van der Waals surface area contributed by atoms with E-state index in [1.807, 2.05) is 0 Å². The molecular weight excluding hydrogens is 392 g/mol. The van der Waals surface area contributed by atoms with Crippen molar-refractivity contribution in [3.05, 3.63) is 68.2 Å². The van der Waals surface area contributed by atoms with Gasteiger partial charge in [0.2, 0.25) is 0 Å². The first-order valence-corrected chi connectivity index (χ1v) is 9.40. The molecule has 1 fully saturated rings. The quantitative estimate of drug-likeness (QED) is 0.376. The fraction of sp³-hybridized carbons (Fsp3) is 0.200. The lowest BCUT2D eigenvalue weighted by atomic mass is 10.1. The van der Waals surface area contributed by atoms with Gasteiger partial charge in [0.05, 0.1) is 27.7 Å². The fourth-order valence-corrected chi connectivity index (χ4v) is 3.97. The van der Waals surface area contributed by atoms with Gasteiger partial charge in [0.15, 0.2) is 0 Å². The van der Waals surface area contributed by atoms with Gasteiger partial charge in [0.1, 0.15) is 5.75 Å². The van der Waals surface area contributed by atoms with Crippen LogP contribution in [-0.4, -0.2) is 11.5 Å². The number of non-ortho nitro benzene ring substituents is 1. The molecule has 7 nitrogen and oxygen atoms in total. The maximum atomic E-state index is 12.7. The lowest BCUT2D eigenvalue weighted by Gasteiger charge is -2.29. The van der Waals surface area contributed by atoms with Gasteiger partial charge in [-0.15, -0.1) is 0 Å².